The van der Waals surface area contributed by atoms with Gasteiger partial charge in [0.2, 0.25) is 0 Å². The smallest absolute Gasteiger partial charge is 0.117 e. The van der Waals surface area contributed by atoms with Crippen LogP contribution in [0.3, 0.4) is 0 Å². The van der Waals surface area contributed by atoms with Crippen molar-refractivity contribution in [2.75, 3.05) is 11.9 Å². The van der Waals surface area contributed by atoms with Crippen LogP contribution in [0.2, 0.25) is 0 Å². The van der Waals surface area contributed by atoms with Crippen molar-refractivity contribution in [2.24, 2.45) is 0 Å². The summed E-state index contributed by atoms with van der Waals surface area (Å²) in [4.78, 5) is 9.21. The van der Waals surface area contributed by atoms with Crippen molar-refractivity contribution in [3.8, 4) is 5.69 Å². The van der Waals surface area contributed by atoms with E-state index in [9.17, 15) is 0 Å². The number of nitrogens with zero attached hydrogens (tertiary/aromatic N) is 4. The van der Waals surface area contributed by atoms with Gasteiger partial charge in [-0.2, -0.15) is 0 Å². The lowest BCUT2D eigenvalue weighted by Crippen LogP contribution is -2.34. The van der Waals surface area contributed by atoms with Gasteiger partial charge in [0.15, 0.2) is 0 Å². The summed E-state index contributed by atoms with van der Waals surface area (Å²) in [6.45, 7) is 4.49. The van der Waals surface area contributed by atoms with Crippen LogP contribution in [0.25, 0.3) is 16.5 Å². The zero-order valence-electron chi connectivity index (χ0n) is 14.2. The van der Waals surface area contributed by atoms with E-state index in [1.54, 1.807) is 0 Å². The lowest BCUT2D eigenvalue weighted by atomic mass is 9.95. The summed E-state index contributed by atoms with van der Waals surface area (Å²) in [6, 6.07) is 8.72. The summed E-state index contributed by atoms with van der Waals surface area (Å²) in [5, 5.41) is 2.64. The minimum atomic E-state index is 0.321. The van der Waals surface area contributed by atoms with Gasteiger partial charge in [-0.25, -0.2) is 4.98 Å². The number of aromatic nitrogens is 2. The quantitative estimate of drug-likeness (QED) is 0.534. The first kappa shape index (κ1) is 13.7. The first-order valence-electron chi connectivity index (χ1n) is 8.42. The fraction of sp³-hybridized carbons (Fsp3) is 0.250. The first-order chi connectivity index (χ1) is 11.7. The van der Waals surface area contributed by atoms with Crippen molar-refractivity contribution in [2.45, 2.75) is 26.4 Å². The molecule has 4 nitrogen and oxygen atoms in total. The number of anilines is 1. The second-order valence-corrected chi connectivity index (χ2v) is 6.74. The van der Waals surface area contributed by atoms with Gasteiger partial charge in [0.25, 0.3) is 0 Å². The van der Waals surface area contributed by atoms with E-state index in [0.717, 1.165) is 12.2 Å². The van der Waals surface area contributed by atoms with E-state index in [1.165, 1.54) is 33.3 Å². The molecule has 0 saturated heterocycles. The Morgan fingerprint density at radius 1 is 1.08 bits per heavy atom. The van der Waals surface area contributed by atoms with Gasteiger partial charge < -0.3 is 14.4 Å². The molecule has 0 unspecified atom stereocenters. The van der Waals surface area contributed by atoms with Gasteiger partial charge in [-0.15, -0.1) is 0 Å². The number of imidazole rings is 1. The minimum Gasteiger partial charge on any atom is -0.359 e. The van der Waals surface area contributed by atoms with Gasteiger partial charge >= 0.3 is 0 Å². The lowest BCUT2D eigenvalue weighted by Gasteiger charge is -2.31. The van der Waals surface area contributed by atoms with Crippen LogP contribution in [-0.2, 0) is 6.42 Å². The molecule has 24 heavy (non-hydrogen) atoms. The molecule has 0 N–H and O–H groups in total. The molecule has 2 aromatic carbocycles. The Morgan fingerprint density at radius 3 is 2.62 bits per heavy atom. The number of rotatable bonds is 1. The molecular formula is C20H20N4. The molecule has 0 fully saturated rings. The molecule has 0 saturated carbocycles. The van der Waals surface area contributed by atoms with E-state index in [4.69, 9.17) is 0 Å². The Hall–Kier alpha value is -2.75. The molecular weight excluding hydrogens is 296 g/mol. The Labute approximate surface area is 141 Å². The topological polar surface area (TPSA) is 24.3 Å². The zero-order valence-corrected chi connectivity index (χ0v) is 14.2. The monoisotopic (exact) mass is 316 g/mol. The number of aryl methyl sites for hydroxylation is 1. The van der Waals surface area contributed by atoms with Crippen LogP contribution in [0.4, 0.5) is 5.69 Å². The van der Waals surface area contributed by atoms with Crippen molar-refractivity contribution in [3.63, 3.8) is 0 Å². The molecule has 1 aromatic heterocycles. The molecule has 3 aromatic rings. The van der Waals surface area contributed by atoms with E-state index in [1.807, 2.05) is 6.20 Å². The molecule has 0 spiro atoms. The highest BCUT2D eigenvalue weighted by Gasteiger charge is 2.31. The summed E-state index contributed by atoms with van der Waals surface area (Å²) in [6.07, 6.45) is 9.55. The molecule has 0 bridgehead atoms. The van der Waals surface area contributed by atoms with Crippen LogP contribution in [0.1, 0.15) is 23.9 Å². The molecule has 0 amide bonds. The fourth-order valence-corrected chi connectivity index (χ4v) is 4.15. The molecule has 4 heteroatoms. The maximum atomic E-state index is 4.57. The average molecular weight is 316 g/mol. The summed E-state index contributed by atoms with van der Waals surface area (Å²) in [7, 11) is 2.13. The van der Waals surface area contributed by atoms with Gasteiger partial charge in [0.1, 0.15) is 12.0 Å². The summed E-state index contributed by atoms with van der Waals surface area (Å²) >= 11 is 0. The molecule has 0 aliphatic carbocycles. The van der Waals surface area contributed by atoms with Crippen molar-refractivity contribution in [1.29, 1.82) is 0 Å². The Morgan fingerprint density at radius 2 is 1.88 bits per heavy atom. The number of hydrogen-bond donors (Lipinski definition) is 0. The van der Waals surface area contributed by atoms with Crippen LogP contribution in [0.15, 0.2) is 49.1 Å². The van der Waals surface area contributed by atoms with Crippen LogP contribution in [0.5, 0.6) is 0 Å². The van der Waals surface area contributed by atoms with Crippen LogP contribution >= 0.6 is 0 Å². The fourth-order valence-electron chi connectivity index (χ4n) is 4.15. The highest BCUT2D eigenvalue weighted by atomic mass is 15.4. The van der Waals surface area contributed by atoms with E-state index in [0.29, 0.717) is 6.17 Å². The predicted molar refractivity (Wildman–Crippen MR) is 97.5 cm³/mol. The highest BCUT2D eigenvalue weighted by molar-refractivity contribution is 6.00. The maximum absolute atomic E-state index is 4.57. The molecule has 5 rings (SSSR count). The second kappa shape index (κ2) is 4.63. The molecule has 2 aliphatic heterocycles. The zero-order chi connectivity index (χ0) is 16.4. The Kier molecular flexibility index (Phi) is 2.64. The molecule has 120 valence electrons. The Balaban J connectivity index is 1.87. The largest absolute Gasteiger partial charge is 0.359 e. The lowest BCUT2D eigenvalue weighted by molar-refractivity contribution is 0.382. The van der Waals surface area contributed by atoms with E-state index in [2.05, 4.69) is 83.1 Å². The predicted octanol–water partition coefficient (Wildman–Crippen LogP) is 3.81. The van der Waals surface area contributed by atoms with E-state index < -0.39 is 0 Å². The van der Waals surface area contributed by atoms with Gasteiger partial charge in [0.05, 0.1) is 11.4 Å². The number of benzene rings is 2. The van der Waals surface area contributed by atoms with Crippen LogP contribution in [0, 0.1) is 6.92 Å². The van der Waals surface area contributed by atoms with Gasteiger partial charge in [0, 0.05) is 49.2 Å². The minimum absolute atomic E-state index is 0.321. The van der Waals surface area contributed by atoms with Gasteiger partial charge in [-0.3, -0.25) is 0 Å². The van der Waals surface area contributed by atoms with Gasteiger partial charge in [-0.1, -0.05) is 24.3 Å². The second-order valence-electron chi connectivity index (χ2n) is 6.74. The molecule has 1 atom stereocenters. The summed E-state index contributed by atoms with van der Waals surface area (Å²) in [5.74, 6) is 1.13. The van der Waals surface area contributed by atoms with Gasteiger partial charge in [-0.05, 0) is 24.8 Å². The maximum Gasteiger partial charge on any atom is 0.117 e. The molecule has 2 aliphatic rings. The van der Waals surface area contributed by atoms with Crippen molar-refractivity contribution in [3.05, 3.63) is 66.0 Å². The number of hydrogen-bond acceptors (Lipinski definition) is 3. The third kappa shape index (κ3) is 1.60. The summed E-state index contributed by atoms with van der Waals surface area (Å²) < 4.78 is 2.26. The van der Waals surface area contributed by atoms with E-state index in [-0.39, 0.29) is 0 Å². The first-order valence-corrected chi connectivity index (χ1v) is 8.42. The van der Waals surface area contributed by atoms with Crippen molar-refractivity contribution < 1.29 is 0 Å². The molecule has 0 radical (unpaired) electrons. The third-order valence-corrected chi connectivity index (χ3v) is 5.52. The van der Waals surface area contributed by atoms with Crippen LogP contribution in [-0.4, -0.2) is 27.7 Å². The SMILES string of the molecule is Cc1c(N2C=CN(C)[C@@H]2C)c2c(c3ccccc13)-n1ccnc1C2. The third-order valence-electron chi connectivity index (χ3n) is 5.52. The Bertz CT molecular complexity index is 998. The van der Waals surface area contributed by atoms with Crippen molar-refractivity contribution in [1.82, 2.24) is 14.5 Å². The average Bonchev–Trinajstić information content (AvgIpc) is 3.25. The number of fused-ring (bicyclic) bond motifs is 5. The van der Waals surface area contributed by atoms with Crippen molar-refractivity contribution >= 4 is 16.5 Å². The molecule has 3 heterocycles. The normalized spacial score (nSPS) is 18.5. The highest BCUT2D eigenvalue weighted by Crippen LogP contribution is 2.44. The summed E-state index contributed by atoms with van der Waals surface area (Å²) in [5.41, 5.74) is 5.37. The standard InChI is InChI=1S/C20H20N4/c1-13-15-6-4-5-7-16(15)20-17(12-18-21-8-9-24(18)20)19(13)23-11-10-22(3)14(23)2/h4-11,14H,12H2,1-3H3/t14-/m0/s1. The van der Waals surface area contributed by atoms with E-state index >= 15 is 0 Å². The van der Waals surface area contributed by atoms with Crippen LogP contribution < -0.4 is 4.90 Å².